The van der Waals surface area contributed by atoms with Crippen molar-refractivity contribution < 1.29 is 4.74 Å². The number of benzene rings is 1. The summed E-state index contributed by atoms with van der Waals surface area (Å²) in [6.45, 7) is 7.91. The topological polar surface area (TPSA) is 48.9 Å². The molecule has 0 spiro atoms. The first kappa shape index (κ1) is 17.6. The molecule has 2 N–H and O–H groups in total. The van der Waals surface area contributed by atoms with Crippen molar-refractivity contribution in [3.8, 4) is 5.75 Å². The molecule has 1 aliphatic heterocycles. The van der Waals surface area contributed by atoms with E-state index in [-0.39, 0.29) is 0 Å². The highest BCUT2D eigenvalue weighted by molar-refractivity contribution is 5.79. The van der Waals surface area contributed by atoms with Gasteiger partial charge in [-0.15, -0.1) is 0 Å². The van der Waals surface area contributed by atoms with Crippen LogP contribution in [0.3, 0.4) is 0 Å². The highest BCUT2D eigenvalue weighted by Gasteiger charge is 2.09. The van der Waals surface area contributed by atoms with Crippen molar-refractivity contribution in [2.24, 2.45) is 4.99 Å². The number of piperidine rings is 1. The third-order valence-electron chi connectivity index (χ3n) is 4.06. The van der Waals surface area contributed by atoms with Gasteiger partial charge in [0.15, 0.2) is 5.96 Å². The van der Waals surface area contributed by atoms with Crippen LogP contribution >= 0.6 is 0 Å². The van der Waals surface area contributed by atoms with E-state index in [9.17, 15) is 0 Å². The summed E-state index contributed by atoms with van der Waals surface area (Å²) < 4.78 is 5.53. The fourth-order valence-corrected chi connectivity index (χ4v) is 2.83. The zero-order valence-electron chi connectivity index (χ0n) is 14.5. The summed E-state index contributed by atoms with van der Waals surface area (Å²) in [6.07, 6.45) is 4.06. The molecule has 0 saturated carbocycles. The quantitative estimate of drug-likeness (QED) is 0.598. The molecule has 1 aromatic rings. The predicted molar refractivity (Wildman–Crippen MR) is 96.1 cm³/mol. The van der Waals surface area contributed by atoms with Gasteiger partial charge in [-0.2, -0.15) is 0 Å². The molecule has 1 heterocycles. The van der Waals surface area contributed by atoms with Crippen molar-refractivity contribution in [2.45, 2.75) is 32.7 Å². The smallest absolute Gasteiger partial charge is 0.191 e. The SMILES string of the molecule is CCOc1cccc(CNC(=NC)NCCN2CCCCC2)c1. The molecule has 128 valence electrons. The van der Waals surface area contributed by atoms with Crippen LogP contribution in [0.15, 0.2) is 29.3 Å². The van der Waals surface area contributed by atoms with E-state index in [1.807, 2.05) is 26.1 Å². The van der Waals surface area contributed by atoms with Crippen molar-refractivity contribution in [1.29, 1.82) is 0 Å². The van der Waals surface area contributed by atoms with Crippen molar-refractivity contribution in [3.05, 3.63) is 29.8 Å². The van der Waals surface area contributed by atoms with Gasteiger partial charge >= 0.3 is 0 Å². The van der Waals surface area contributed by atoms with Crippen molar-refractivity contribution in [1.82, 2.24) is 15.5 Å². The molecule has 23 heavy (non-hydrogen) atoms. The Hall–Kier alpha value is -1.75. The number of rotatable bonds is 7. The van der Waals surface area contributed by atoms with Gasteiger partial charge in [-0.1, -0.05) is 18.6 Å². The second kappa shape index (κ2) is 10.1. The van der Waals surface area contributed by atoms with Crippen LogP contribution in [0.25, 0.3) is 0 Å². The summed E-state index contributed by atoms with van der Waals surface area (Å²) in [5, 5.41) is 6.75. The first-order chi connectivity index (χ1) is 11.3. The van der Waals surface area contributed by atoms with E-state index in [2.05, 4.69) is 32.7 Å². The van der Waals surface area contributed by atoms with Gasteiger partial charge in [-0.05, 0) is 50.6 Å². The van der Waals surface area contributed by atoms with E-state index in [1.54, 1.807) is 0 Å². The third-order valence-corrected chi connectivity index (χ3v) is 4.06. The highest BCUT2D eigenvalue weighted by atomic mass is 16.5. The maximum absolute atomic E-state index is 5.53. The number of guanidine groups is 1. The molecule has 0 radical (unpaired) electrons. The van der Waals surface area contributed by atoms with Gasteiger partial charge in [0.25, 0.3) is 0 Å². The summed E-state index contributed by atoms with van der Waals surface area (Å²) >= 11 is 0. The number of nitrogens with zero attached hydrogens (tertiary/aromatic N) is 2. The summed E-state index contributed by atoms with van der Waals surface area (Å²) in [6, 6.07) is 8.17. The fraction of sp³-hybridized carbons (Fsp3) is 0.611. The molecule has 0 aliphatic carbocycles. The third kappa shape index (κ3) is 6.48. The highest BCUT2D eigenvalue weighted by Crippen LogP contribution is 2.13. The average molecular weight is 318 g/mol. The van der Waals surface area contributed by atoms with E-state index in [0.29, 0.717) is 6.61 Å². The van der Waals surface area contributed by atoms with Crippen molar-refractivity contribution in [3.63, 3.8) is 0 Å². The number of likely N-dealkylation sites (tertiary alicyclic amines) is 1. The lowest BCUT2D eigenvalue weighted by molar-refractivity contribution is 0.232. The van der Waals surface area contributed by atoms with E-state index in [0.717, 1.165) is 31.3 Å². The molecule has 0 atom stereocenters. The number of aliphatic imine (C=N–C) groups is 1. The maximum Gasteiger partial charge on any atom is 0.191 e. The zero-order chi connectivity index (χ0) is 16.3. The Kier molecular flexibility index (Phi) is 7.73. The lowest BCUT2D eigenvalue weighted by atomic mass is 10.1. The first-order valence-corrected chi connectivity index (χ1v) is 8.70. The van der Waals surface area contributed by atoms with Gasteiger partial charge in [0, 0.05) is 26.7 Å². The standard InChI is InChI=1S/C18H30N4O/c1-3-23-17-9-7-8-16(14-17)15-21-18(19-2)20-10-13-22-11-5-4-6-12-22/h7-9,14H,3-6,10-13,15H2,1-2H3,(H2,19,20,21). The van der Waals surface area contributed by atoms with Crippen LogP contribution in [-0.2, 0) is 6.54 Å². The zero-order valence-corrected chi connectivity index (χ0v) is 14.5. The normalized spacial score (nSPS) is 16.2. The second-order valence-corrected chi connectivity index (χ2v) is 5.84. The summed E-state index contributed by atoms with van der Waals surface area (Å²) in [5.74, 6) is 1.77. The molecule has 1 saturated heterocycles. The van der Waals surface area contributed by atoms with Crippen LogP contribution in [0.1, 0.15) is 31.7 Å². The first-order valence-electron chi connectivity index (χ1n) is 8.70. The second-order valence-electron chi connectivity index (χ2n) is 5.84. The lowest BCUT2D eigenvalue weighted by Crippen LogP contribution is -2.42. The van der Waals surface area contributed by atoms with Crippen LogP contribution in [0.4, 0.5) is 0 Å². The monoisotopic (exact) mass is 318 g/mol. The molecular weight excluding hydrogens is 288 g/mol. The van der Waals surface area contributed by atoms with Crippen molar-refractivity contribution in [2.75, 3.05) is 39.8 Å². The minimum atomic E-state index is 0.691. The fourth-order valence-electron chi connectivity index (χ4n) is 2.83. The molecule has 1 fully saturated rings. The number of hydrogen-bond acceptors (Lipinski definition) is 3. The Balaban J connectivity index is 1.71. The molecular formula is C18H30N4O. The molecule has 0 aromatic heterocycles. The molecule has 1 aliphatic rings. The summed E-state index contributed by atoms with van der Waals surface area (Å²) in [4.78, 5) is 6.81. The van der Waals surface area contributed by atoms with Crippen LogP contribution in [0.5, 0.6) is 5.75 Å². The van der Waals surface area contributed by atoms with Gasteiger partial charge in [0.1, 0.15) is 5.75 Å². The molecule has 1 aromatic carbocycles. The lowest BCUT2D eigenvalue weighted by Gasteiger charge is -2.26. The molecule has 2 rings (SSSR count). The van der Waals surface area contributed by atoms with Gasteiger partial charge < -0.3 is 20.3 Å². The van der Waals surface area contributed by atoms with Crippen LogP contribution in [-0.4, -0.2) is 50.7 Å². The van der Waals surface area contributed by atoms with Gasteiger partial charge in [-0.3, -0.25) is 4.99 Å². The molecule has 5 nitrogen and oxygen atoms in total. The minimum absolute atomic E-state index is 0.691. The minimum Gasteiger partial charge on any atom is -0.494 e. The Morgan fingerprint density at radius 3 is 2.78 bits per heavy atom. The maximum atomic E-state index is 5.53. The van der Waals surface area contributed by atoms with Crippen molar-refractivity contribution >= 4 is 5.96 Å². The number of hydrogen-bond donors (Lipinski definition) is 2. The Bertz CT molecular complexity index is 484. The molecule has 0 unspecified atom stereocenters. The predicted octanol–water partition coefficient (Wildman–Crippen LogP) is 2.24. The van der Waals surface area contributed by atoms with E-state index < -0.39 is 0 Å². The molecule has 0 bridgehead atoms. The number of ether oxygens (including phenoxy) is 1. The van der Waals surface area contributed by atoms with E-state index >= 15 is 0 Å². The van der Waals surface area contributed by atoms with Crippen LogP contribution < -0.4 is 15.4 Å². The number of nitrogens with one attached hydrogen (secondary N) is 2. The molecule has 0 amide bonds. The van der Waals surface area contributed by atoms with Gasteiger partial charge in [0.2, 0.25) is 0 Å². The van der Waals surface area contributed by atoms with Gasteiger partial charge in [0.05, 0.1) is 6.61 Å². The Labute approximate surface area is 140 Å². The average Bonchev–Trinajstić information content (AvgIpc) is 2.59. The van der Waals surface area contributed by atoms with Crippen LogP contribution in [0, 0.1) is 0 Å². The van der Waals surface area contributed by atoms with Crippen LogP contribution in [0.2, 0.25) is 0 Å². The Morgan fingerprint density at radius 1 is 1.22 bits per heavy atom. The van der Waals surface area contributed by atoms with Gasteiger partial charge in [-0.25, -0.2) is 0 Å². The van der Waals surface area contributed by atoms with E-state index in [4.69, 9.17) is 4.74 Å². The largest absolute Gasteiger partial charge is 0.494 e. The molecule has 5 heteroatoms. The van der Waals surface area contributed by atoms with E-state index in [1.165, 1.54) is 37.9 Å². The summed E-state index contributed by atoms with van der Waals surface area (Å²) in [5.41, 5.74) is 1.19. The Morgan fingerprint density at radius 2 is 2.04 bits per heavy atom. The summed E-state index contributed by atoms with van der Waals surface area (Å²) in [7, 11) is 1.81.